The molecule has 5 rings (SSSR count). The number of ether oxygens (including phenoxy) is 3. The van der Waals surface area contributed by atoms with E-state index in [1.54, 1.807) is 32.8 Å². The van der Waals surface area contributed by atoms with Gasteiger partial charge in [0.15, 0.2) is 5.54 Å². The Balaban J connectivity index is 1.63. The van der Waals surface area contributed by atoms with Crippen molar-refractivity contribution < 1.29 is 23.8 Å². The van der Waals surface area contributed by atoms with E-state index < -0.39 is 22.6 Å². The summed E-state index contributed by atoms with van der Waals surface area (Å²) in [4.78, 5) is 34.9. The molecule has 4 atom stereocenters. The number of aliphatic imine (C=N–C) groups is 1. The Morgan fingerprint density at radius 2 is 2.02 bits per heavy atom. The van der Waals surface area contributed by atoms with Crippen molar-refractivity contribution in [2.75, 3.05) is 26.9 Å². The third-order valence-electron chi connectivity index (χ3n) is 9.32. The molecule has 2 spiro atoms. The van der Waals surface area contributed by atoms with Gasteiger partial charge in [0.2, 0.25) is 5.96 Å². The molecule has 216 valence electrons. The zero-order valence-corrected chi connectivity index (χ0v) is 24.4. The molecule has 0 aromatic heterocycles. The zero-order valence-electron chi connectivity index (χ0n) is 24.4. The van der Waals surface area contributed by atoms with Crippen molar-refractivity contribution in [2.24, 2.45) is 22.2 Å². The molecule has 2 aliphatic heterocycles. The summed E-state index contributed by atoms with van der Waals surface area (Å²) in [5.41, 5.74) is -0.0724. The summed E-state index contributed by atoms with van der Waals surface area (Å²) in [6.45, 7) is 9.34. The van der Waals surface area contributed by atoms with Crippen LogP contribution in [-0.2, 0) is 31.0 Å². The third kappa shape index (κ3) is 4.90. The predicted octanol–water partition coefficient (Wildman–Crippen LogP) is 4.67. The lowest BCUT2D eigenvalue weighted by molar-refractivity contribution is -0.140. The summed E-state index contributed by atoms with van der Waals surface area (Å²) in [6.07, 6.45) is 5.16. The predicted molar refractivity (Wildman–Crippen MR) is 149 cm³/mol. The maximum Gasteiger partial charge on any atom is 0.414 e. The molecule has 9 heteroatoms. The van der Waals surface area contributed by atoms with Crippen LogP contribution in [0, 0.1) is 28.6 Å². The molecule has 9 nitrogen and oxygen atoms in total. The van der Waals surface area contributed by atoms with Gasteiger partial charge < -0.3 is 14.2 Å². The van der Waals surface area contributed by atoms with Crippen molar-refractivity contribution in [3.05, 3.63) is 34.9 Å². The van der Waals surface area contributed by atoms with Gasteiger partial charge in [0.1, 0.15) is 5.60 Å². The van der Waals surface area contributed by atoms with Gasteiger partial charge >= 0.3 is 6.09 Å². The van der Waals surface area contributed by atoms with E-state index in [1.165, 1.54) is 0 Å². The van der Waals surface area contributed by atoms with Crippen molar-refractivity contribution in [2.45, 2.75) is 89.9 Å². The Hall–Kier alpha value is -2.96. The fourth-order valence-corrected chi connectivity index (χ4v) is 7.44. The van der Waals surface area contributed by atoms with Gasteiger partial charge in [-0.15, -0.1) is 0 Å². The summed E-state index contributed by atoms with van der Waals surface area (Å²) < 4.78 is 17.0. The number of hydrogen-bond donors (Lipinski definition) is 1. The number of nitrogens with one attached hydrogen (secondary N) is 1. The molecule has 40 heavy (non-hydrogen) atoms. The highest BCUT2D eigenvalue weighted by Crippen LogP contribution is 2.63. The lowest BCUT2D eigenvalue weighted by Crippen LogP contribution is -2.55. The Morgan fingerprint density at radius 1 is 1.27 bits per heavy atom. The lowest BCUT2D eigenvalue weighted by Gasteiger charge is -2.48. The van der Waals surface area contributed by atoms with Gasteiger partial charge in [-0.2, -0.15) is 5.26 Å². The standard InChI is InChI=1S/C31H42N4O5/c1-6-22-16-30(12-9-25(22)38-5)17-23-8-7-21(18-32)15-24(23)31(30)26(36)35(19-20-10-13-39-14-11-20)27(34-31)33-28(37)40-29(2,3)4/h7-8,15,20,22,25H,6,9-14,16-17,19H2,1-5H3,(H,33,34,37)/t22-,25-,30-,31-/m1/s1. The van der Waals surface area contributed by atoms with E-state index in [4.69, 9.17) is 19.2 Å². The van der Waals surface area contributed by atoms with Crippen LogP contribution in [0.4, 0.5) is 4.79 Å². The number of nitrogens with zero attached hydrogens (tertiary/aromatic N) is 3. The fraction of sp³-hybridized carbons (Fsp3) is 0.677. The lowest BCUT2D eigenvalue weighted by atomic mass is 9.58. The van der Waals surface area contributed by atoms with E-state index in [2.05, 4.69) is 18.3 Å². The zero-order chi connectivity index (χ0) is 28.7. The quantitative estimate of drug-likeness (QED) is 0.583. The molecule has 0 bridgehead atoms. The van der Waals surface area contributed by atoms with Crippen LogP contribution in [0.1, 0.15) is 82.9 Å². The van der Waals surface area contributed by atoms with Crippen molar-refractivity contribution >= 4 is 18.0 Å². The number of alkyl carbamates (subject to hydrolysis) is 1. The average Bonchev–Trinajstić information content (AvgIpc) is 3.34. The van der Waals surface area contributed by atoms with E-state index in [0.29, 0.717) is 31.7 Å². The van der Waals surface area contributed by atoms with Crippen LogP contribution < -0.4 is 5.32 Å². The molecular weight excluding hydrogens is 508 g/mol. The first-order valence-electron chi connectivity index (χ1n) is 14.6. The summed E-state index contributed by atoms with van der Waals surface area (Å²) in [5, 5.41) is 12.6. The molecule has 2 fully saturated rings. The number of methoxy groups -OCH3 is 1. The molecule has 1 aromatic rings. The molecule has 0 unspecified atom stereocenters. The van der Waals surface area contributed by atoms with Gasteiger partial charge in [-0.3, -0.25) is 15.0 Å². The first-order valence-corrected chi connectivity index (χ1v) is 14.6. The van der Waals surface area contributed by atoms with E-state index in [1.807, 2.05) is 18.2 Å². The SMILES string of the molecule is CC[C@@H]1C[C@]2(CC[C@H]1OC)Cc1ccc(C#N)cc1[C@]21N=C(NC(=O)OC(C)(C)C)N(CC2CCOCC2)C1=O. The third-order valence-corrected chi connectivity index (χ3v) is 9.32. The Morgan fingerprint density at radius 3 is 2.67 bits per heavy atom. The van der Waals surface area contributed by atoms with Crippen LogP contribution >= 0.6 is 0 Å². The molecule has 0 radical (unpaired) electrons. The molecule has 2 amide bonds. The summed E-state index contributed by atoms with van der Waals surface area (Å²) in [6, 6.07) is 7.91. The van der Waals surface area contributed by atoms with E-state index in [9.17, 15) is 14.9 Å². The Labute approximate surface area is 237 Å². The number of carbonyl (C=O) groups is 2. The van der Waals surface area contributed by atoms with E-state index in [-0.39, 0.29) is 29.8 Å². The van der Waals surface area contributed by atoms with Crippen LogP contribution in [0.25, 0.3) is 0 Å². The number of rotatable bonds is 4. The topological polar surface area (TPSA) is 113 Å². The number of amides is 2. The second kappa shape index (κ2) is 10.8. The van der Waals surface area contributed by atoms with Crippen molar-refractivity contribution in [3.8, 4) is 6.07 Å². The molecule has 4 aliphatic rings. The summed E-state index contributed by atoms with van der Waals surface area (Å²) in [7, 11) is 1.76. The van der Waals surface area contributed by atoms with Gasteiger partial charge in [0.05, 0.1) is 17.7 Å². The Kier molecular flexibility index (Phi) is 7.71. The number of guanidine groups is 1. The van der Waals surface area contributed by atoms with Gasteiger partial charge in [0.25, 0.3) is 5.91 Å². The largest absolute Gasteiger partial charge is 0.444 e. The second-order valence-electron chi connectivity index (χ2n) is 12.9. The maximum absolute atomic E-state index is 14.9. The molecule has 2 aliphatic carbocycles. The highest BCUT2D eigenvalue weighted by molar-refractivity contribution is 6.12. The normalized spacial score (nSPS) is 30.4. The number of carbonyl (C=O) groups excluding carboxylic acids is 2. The number of fused-ring (bicyclic) bond motifs is 3. The maximum atomic E-state index is 14.9. The minimum atomic E-state index is -1.23. The highest BCUT2D eigenvalue weighted by atomic mass is 16.6. The van der Waals surface area contributed by atoms with Crippen LogP contribution in [-0.4, -0.2) is 61.4 Å². The minimum absolute atomic E-state index is 0.121. The van der Waals surface area contributed by atoms with Gasteiger partial charge in [0, 0.05) is 32.3 Å². The van der Waals surface area contributed by atoms with Crippen LogP contribution in [0.15, 0.2) is 23.2 Å². The first kappa shape index (κ1) is 28.6. The molecule has 1 saturated heterocycles. The number of benzene rings is 1. The average molecular weight is 551 g/mol. The first-order chi connectivity index (χ1) is 19.1. The number of hydrogen-bond acceptors (Lipinski definition) is 7. The van der Waals surface area contributed by atoms with Crippen LogP contribution in [0.2, 0.25) is 0 Å². The fourth-order valence-electron chi connectivity index (χ4n) is 7.44. The van der Waals surface area contributed by atoms with Crippen molar-refractivity contribution in [3.63, 3.8) is 0 Å². The van der Waals surface area contributed by atoms with Gasteiger partial charge in [-0.25, -0.2) is 9.79 Å². The summed E-state index contributed by atoms with van der Waals surface area (Å²) in [5.74, 6) is 0.621. The van der Waals surface area contributed by atoms with Crippen molar-refractivity contribution in [1.82, 2.24) is 10.2 Å². The smallest absolute Gasteiger partial charge is 0.414 e. The second-order valence-corrected chi connectivity index (χ2v) is 12.9. The summed E-state index contributed by atoms with van der Waals surface area (Å²) >= 11 is 0. The molecular formula is C31H42N4O5. The monoisotopic (exact) mass is 550 g/mol. The molecule has 1 N–H and O–H groups in total. The van der Waals surface area contributed by atoms with Gasteiger partial charge in [-0.05, 0) is 94.4 Å². The van der Waals surface area contributed by atoms with Crippen LogP contribution in [0.5, 0.6) is 0 Å². The minimum Gasteiger partial charge on any atom is -0.444 e. The van der Waals surface area contributed by atoms with E-state index >= 15 is 0 Å². The van der Waals surface area contributed by atoms with Gasteiger partial charge in [-0.1, -0.05) is 19.4 Å². The molecule has 2 heterocycles. The van der Waals surface area contributed by atoms with Crippen LogP contribution in [0.3, 0.4) is 0 Å². The molecule has 1 saturated carbocycles. The van der Waals surface area contributed by atoms with E-state index in [0.717, 1.165) is 49.7 Å². The highest BCUT2D eigenvalue weighted by Gasteiger charge is 2.68. The number of nitriles is 1. The molecule has 1 aromatic carbocycles. The Bertz CT molecular complexity index is 1230. The van der Waals surface area contributed by atoms with Crippen molar-refractivity contribution in [1.29, 1.82) is 5.26 Å².